The fourth-order valence-corrected chi connectivity index (χ4v) is 4.04. The highest BCUT2D eigenvalue weighted by atomic mass is 35.5. The lowest BCUT2D eigenvalue weighted by Gasteiger charge is -2.35. The van der Waals surface area contributed by atoms with Gasteiger partial charge in [-0.1, -0.05) is 23.7 Å². The highest BCUT2D eigenvalue weighted by Gasteiger charge is 2.35. The first-order valence-corrected chi connectivity index (χ1v) is 9.60. The van der Waals surface area contributed by atoms with E-state index in [1.807, 2.05) is 12.1 Å². The van der Waals surface area contributed by atoms with Gasteiger partial charge in [-0.3, -0.25) is 9.69 Å². The minimum absolute atomic E-state index is 0.0867. The highest BCUT2D eigenvalue weighted by molar-refractivity contribution is 6.30. The predicted octanol–water partition coefficient (Wildman–Crippen LogP) is 2.61. The number of nitrogens with zero attached hydrogens (tertiary/aromatic N) is 1. The van der Waals surface area contributed by atoms with Crippen molar-refractivity contribution in [1.82, 2.24) is 15.5 Å². The minimum atomic E-state index is 0.0867. The number of rotatable bonds is 6. The fourth-order valence-electron chi connectivity index (χ4n) is 3.92. The van der Waals surface area contributed by atoms with E-state index in [2.05, 4.69) is 27.7 Å². The quantitative estimate of drug-likeness (QED) is 0.776. The van der Waals surface area contributed by atoms with Gasteiger partial charge in [0.1, 0.15) is 0 Å². The molecule has 1 aromatic carbocycles. The molecule has 0 saturated carbocycles. The van der Waals surface area contributed by atoms with E-state index in [-0.39, 0.29) is 11.9 Å². The zero-order valence-electron chi connectivity index (χ0n) is 14.3. The van der Waals surface area contributed by atoms with Gasteiger partial charge in [-0.05, 0) is 75.9 Å². The van der Waals surface area contributed by atoms with Crippen LogP contribution < -0.4 is 10.6 Å². The van der Waals surface area contributed by atoms with Gasteiger partial charge in [0.05, 0.1) is 6.04 Å². The second kappa shape index (κ2) is 8.84. The van der Waals surface area contributed by atoms with E-state index in [0.717, 1.165) is 56.9 Å². The summed E-state index contributed by atoms with van der Waals surface area (Å²) < 4.78 is 0. The van der Waals surface area contributed by atoms with Gasteiger partial charge < -0.3 is 10.6 Å². The molecule has 0 radical (unpaired) electrons. The number of hydrogen-bond donors (Lipinski definition) is 2. The Kier molecular flexibility index (Phi) is 6.52. The maximum Gasteiger partial charge on any atom is 0.237 e. The van der Waals surface area contributed by atoms with Crippen LogP contribution in [0.1, 0.15) is 37.7 Å². The Labute approximate surface area is 149 Å². The molecule has 0 spiro atoms. The van der Waals surface area contributed by atoms with E-state index in [1.165, 1.54) is 18.4 Å². The van der Waals surface area contributed by atoms with Crippen molar-refractivity contribution in [3.05, 3.63) is 34.9 Å². The Morgan fingerprint density at radius 1 is 1.21 bits per heavy atom. The third-order valence-electron chi connectivity index (χ3n) is 5.23. The van der Waals surface area contributed by atoms with E-state index < -0.39 is 0 Å². The molecule has 0 unspecified atom stereocenters. The van der Waals surface area contributed by atoms with E-state index in [4.69, 9.17) is 11.6 Å². The molecule has 24 heavy (non-hydrogen) atoms. The normalized spacial score (nSPS) is 22.6. The van der Waals surface area contributed by atoms with Crippen LogP contribution in [-0.4, -0.2) is 49.1 Å². The zero-order chi connectivity index (χ0) is 16.8. The number of carbonyl (C=O) groups is 1. The molecule has 0 aliphatic carbocycles. The Balaban J connectivity index is 1.41. The number of hydrogen-bond acceptors (Lipinski definition) is 3. The number of aryl methyl sites for hydroxylation is 1. The van der Waals surface area contributed by atoms with Crippen LogP contribution in [0.3, 0.4) is 0 Å². The summed E-state index contributed by atoms with van der Waals surface area (Å²) in [5, 5.41) is 7.33. The molecule has 2 saturated heterocycles. The van der Waals surface area contributed by atoms with Crippen LogP contribution in [0, 0.1) is 0 Å². The van der Waals surface area contributed by atoms with Gasteiger partial charge in [-0.25, -0.2) is 0 Å². The Bertz CT molecular complexity index is 528. The SMILES string of the molecule is O=C(NCCCc1ccc(Cl)cc1)[C@@H]1CCCN1C1CCNCC1. The number of likely N-dealkylation sites (tertiary alicyclic amines) is 1. The second-order valence-electron chi connectivity index (χ2n) is 6.90. The fraction of sp³-hybridized carbons (Fsp3) is 0.632. The number of halogens is 1. The maximum atomic E-state index is 12.6. The third-order valence-corrected chi connectivity index (χ3v) is 5.48. The number of amides is 1. The van der Waals surface area contributed by atoms with E-state index in [1.54, 1.807) is 0 Å². The van der Waals surface area contributed by atoms with Gasteiger partial charge in [0.15, 0.2) is 0 Å². The smallest absolute Gasteiger partial charge is 0.237 e. The summed E-state index contributed by atoms with van der Waals surface area (Å²) in [5.41, 5.74) is 1.27. The number of benzene rings is 1. The van der Waals surface area contributed by atoms with Crippen molar-refractivity contribution in [2.24, 2.45) is 0 Å². The molecule has 0 bridgehead atoms. The Morgan fingerprint density at radius 2 is 1.96 bits per heavy atom. The molecule has 4 nitrogen and oxygen atoms in total. The lowest BCUT2D eigenvalue weighted by Crippen LogP contribution is -2.50. The highest BCUT2D eigenvalue weighted by Crippen LogP contribution is 2.24. The van der Waals surface area contributed by atoms with Gasteiger partial charge in [-0.2, -0.15) is 0 Å². The lowest BCUT2D eigenvalue weighted by molar-refractivity contribution is -0.126. The summed E-state index contributed by atoms with van der Waals surface area (Å²) in [6.07, 6.45) is 6.42. The summed E-state index contributed by atoms with van der Waals surface area (Å²) in [6.45, 7) is 3.98. The molecule has 132 valence electrons. The van der Waals surface area contributed by atoms with Gasteiger partial charge in [-0.15, -0.1) is 0 Å². The molecule has 5 heteroatoms. The van der Waals surface area contributed by atoms with Crippen molar-refractivity contribution in [2.75, 3.05) is 26.2 Å². The van der Waals surface area contributed by atoms with Crippen molar-refractivity contribution < 1.29 is 4.79 Å². The van der Waals surface area contributed by atoms with Gasteiger partial charge in [0.25, 0.3) is 0 Å². The van der Waals surface area contributed by atoms with Crippen LogP contribution in [-0.2, 0) is 11.2 Å². The largest absolute Gasteiger partial charge is 0.355 e. The van der Waals surface area contributed by atoms with E-state index >= 15 is 0 Å². The van der Waals surface area contributed by atoms with Crippen LogP contribution in [0.25, 0.3) is 0 Å². The van der Waals surface area contributed by atoms with E-state index in [9.17, 15) is 4.79 Å². The van der Waals surface area contributed by atoms with Gasteiger partial charge in [0, 0.05) is 17.6 Å². The molecule has 2 aliphatic rings. The summed E-state index contributed by atoms with van der Waals surface area (Å²) in [6, 6.07) is 8.62. The summed E-state index contributed by atoms with van der Waals surface area (Å²) in [7, 11) is 0. The van der Waals surface area contributed by atoms with Crippen molar-refractivity contribution in [1.29, 1.82) is 0 Å². The molecule has 2 N–H and O–H groups in total. The first kappa shape index (κ1) is 17.7. The average Bonchev–Trinajstić information content (AvgIpc) is 3.11. The molecular formula is C19H28ClN3O. The maximum absolute atomic E-state index is 12.6. The van der Waals surface area contributed by atoms with Crippen LogP contribution in [0.15, 0.2) is 24.3 Å². The topological polar surface area (TPSA) is 44.4 Å². The molecule has 2 fully saturated rings. The number of carbonyl (C=O) groups excluding carboxylic acids is 1. The summed E-state index contributed by atoms with van der Waals surface area (Å²) in [5.74, 6) is 0.224. The van der Waals surface area contributed by atoms with Crippen molar-refractivity contribution in [2.45, 2.75) is 50.6 Å². The lowest BCUT2D eigenvalue weighted by atomic mass is 10.0. The number of nitrogens with one attached hydrogen (secondary N) is 2. The molecule has 2 heterocycles. The molecule has 1 amide bonds. The summed E-state index contributed by atoms with van der Waals surface area (Å²) in [4.78, 5) is 15.0. The zero-order valence-corrected chi connectivity index (χ0v) is 15.0. The second-order valence-corrected chi connectivity index (χ2v) is 7.33. The Hall–Kier alpha value is -1.10. The third kappa shape index (κ3) is 4.71. The van der Waals surface area contributed by atoms with Crippen LogP contribution in [0.2, 0.25) is 5.02 Å². The van der Waals surface area contributed by atoms with Crippen LogP contribution in [0.5, 0.6) is 0 Å². The van der Waals surface area contributed by atoms with E-state index in [0.29, 0.717) is 6.04 Å². The van der Waals surface area contributed by atoms with Crippen molar-refractivity contribution >= 4 is 17.5 Å². The molecular weight excluding hydrogens is 322 g/mol. The predicted molar refractivity (Wildman–Crippen MR) is 98.4 cm³/mol. The monoisotopic (exact) mass is 349 g/mol. The summed E-state index contributed by atoms with van der Waals surface area (Å²) >= 11 is 5.90. The molecule has 2 aliphatic heterocycles. The minimum Gasteiger partial charge on any atom is -0.355 e. The first-order chi connectivity index (χ1) is 11.7. The van der Waals surface area contributed by atoms with Crippen molar-refractivity contribution in [3.8, 4) is 0 Å². The van der Waals surface area contributed by atoms with Gasteiger partial charge in [0.2, 0.25) is 5.91 Å². The molecule has 0 aromatic heterocycles. The van der Waals surface area contributed by atoms with Crippen molar-refractivity contribution in [3.63, 3.8) is 0 Å². The molecule has 3 rings (SSSR count). The number of piperidine rings is 1. The first-order valence-electron chi connectivity index (χ1n) is 9.22. The average molecular weight is 350 g/mol. The van der Waals surface area contributed by atoms with Gasteiger partial charge >= 0.3 is 0 Å². The van der Waals surface area contributed by atoms with Crippen LogP contribution in [0.4, 0.5) is 0 Å². The van der Waals surface area contributed by atoms with Crippen LogP contribution >= 0.6 is 11.6 Å². The Morgan fingerprint density at radius 3 is 2.71 bits per heavy atom. The molecule has 1 aromatic rings. The molecule has 1 atom stereocenters. The standard InChI is InChI=1S/C19H28ClN3O/c20-16-7-5-15(6-8-16)3-1-11-22-19(24)18-4-2-14-23(18)17-9-12-21-13-10-17/h5-8,17-18,21H,1-4,9-14H2,(H,22,24)/t18-/m0/s1.